The molecule has 2 aliphatic rings. The quantitative estimate of drug-likeness (QED) is 0.479. The van der Waals surface area contributed by atoms with E-state index in [0.717, 1.165) is 12.8 Å². The van der Waals surface area contributed by atoms with Gasteiger partial charge in [-0.15, -0.1) is 0 Å². The first-order valence-corrected chi connectivity index (χ1v) is 10.1. The Hall–Kier alpha value is -2.32. The SMILES string of the molecule is CC1(C)CC(C[C@H](NC(=O)[C@H](CC2CC2)NC(=O)OC(C)(C)C)C(=O)O)C(=O)N1. The van der Waals surface area contributed by atoms with Crippen molar-refractivity contribution < 1.29 is 29.0 Å². The Bertz CT molecular complexity index is 666. The molecule has 3 amide bonds. The summed E-state index contributed by atoms with van der Waals surface area (Å²) in [6.45, 7) is 8.90. The number of carboxylic acids is 1. The summed E-state index contributed by atoms with van der Waals surface area (Å²) in [4.78, 5) is 48.7. The van der Waals surface area contributed by atoms with E-state index in [1.807, 2.05) is 13.8 Å². The van der Waals surface area contributed by atoms with Crippen molar-refractivity contribution in [3.05, 3.63) is 0 Å². The summed E-state index contributed by atoms with van der Waals surface area (Å²) in [5.74, 6) is -2.17. The first-order chi connectivity index (χ1) is 13.3. The van der Waals surface area contributed by atoms with E-state index in [1.165, 1.54) is 0 Å². The van der Waals surface area contributed by atoms with Crippen LogP contribution in [0.2, 0.25) is 0 Å². The molecule has 9 heteroatoms. The van der Waals surface area contributed by atoms with Crippen molar-refractivity contribution in [2.24, 2.45) is 11.8 Å². The molecule has 1 heterocycles. The molecule has 1 unspecified atom stereocenters. The van der Waals surface area contributed by atoms with Gasteiger partial charge in [-0.25, -0.2) is 9.59 Å². The van der Waals surface area contributed by atoms with Crippen molar-refractivity contribution >= 4 is 23.9 Å². The van der Waals surface area contributed by atoms with Gasteiger partial charge in [0.05, 0.1) is 0 Å². The minimum Gasteiger partial charge on any atom is -0.480 e. The summed E-state index contributed by atoms with van der Waals surface area (Å²) in [6.07, 6.45) is 2.14. The van der Waals surface area contributed by atoms with Crippen LogP contribution in [0.1, 0.15) is 66.7 Å². The summed E-state index contributed by atoms with van der Waals surface area (Å²) in [5.41, 5.74) is -1.11. The number of carbonyl (C=O) groups excluding carboxylic acids is 3. The molecule has 0 radical (unpaired) electrons. The zero-order valence-corrected chi connectivity index (χ0v) is 17.8. The van der Waals surface area contributed by atoms with Crippen molar-refractivity contribution in [2.45, 2.75) is 89.9 Å². The molecule has 29 heavy (non-hydrogen) atoms. The number of ether oxygens (including phenoxy) is 1. The Balaban J connectivity index is 2.01. The highest BCUT2D eigenvalue weighted by Gasteiger charge is 2.40. The van der Waals surface area contributed by atoms with Gasteiger partial charge >= 0.3 is 12.1 Å². The number of aliphatic carboxylic acids is 1. The molecule has 0 aromatic rings. The number of nitrogens with one attached hydrogen (secondary N) is 3. The second kappa shape index (κ2) is 8.59. The molecule has 2 rings (SSSR count). The highest BCUT2D eigenvalue weighted by Crippen LogP contribution is 2.34. The molecule has 2 fully saturated rings. The third kappa shape index (κ3) is 7.55. The second-order valence-corrected chi connectivity index (χ2v) is 9.79. The Morgan fingerprint density at radius 3 is 2.24 bits per heavy atom. The number of hydrogen-bond donors (Lipinski definition) is 4. The van der Waals surface area contributed by atoms with Crippen molar-refractivity contribution in [1.82, 2.24) is 16.0 Å². The third-order valence-corrected chi connectivity index (χ3v) is 5.00. The number of rotatable bonds is 8. The highest BCUT2D eigenvalue weighted by atomic mass is 16.6. The summed E-state index contributed by atoms with van der Waals surface area (Å²) in [6, 6.07) is -2.10. The van der Waals surface area contributed by atoms with Crippen LogP contribution in [0.25, 0.3) is 0 Å². The Kier molecular flexibility index (Phi) is 6.80. The lowest BCUT2D eigenvalue weighted by atomic mass is 9.91. The normalized spacial score (nSPS) is 22.9. The highest BCUT2D eigenvalue weighted by molar-refractivity contribution is 5.90. The fraction of sp³-hybridized carbons (Fsp3) is 0.800. The molecule has 1 saturated heterocycles. The summed E-state index contributed by atoms with van der Waals surface area (Å²) in [5, 5.41) is 17.4. The fourth-order valence-corrected chi connectivity index (χ4v) is 3.53. The van der Waals surface area contributed by atoms with E-state index in [-0.39, 0.29) is 12.3 Å². The first kappa shape index (κ1) is 23.0. The van der Waals surface area contributed by atoms with Crippen LogP contribution in [0, 0.1) is 11.8 Å². The molecule has 0 aromatic heterocycles. The molecular formula is C20H33N3O6. The van der Waals surface area contributed by atoms with E-state index >= 15 is 0 Å². The van der Waals surface area contributed by atoms with Crippen molar-refractivity contribution in [1.29, 1.82) is 0 Å². The molecule has 1 aliphatic heterocycles. The largest absolute Gasteiger partial charge is 0.480 e. The average Bonchev–Trinajstić information content (AvgIpc) is 3.29. The van der Waals surface area contributed by atoms with Crippen molar-refractivity contribution in [2.75, 3.05) is 0 Å². The lowest BCUT2D eigenvalue weighted by molar-refractivity contribution is -0.142. The summed E-state index contributed by atoms with van der Waals surface area (Å²) < 4.78 is 5.22. The van der Waals surface area contributed by atoms with Gasteiger partial charge in [-0.05, 0) is 59.8 Å². The molecule has 1 saturated carbocycles. The smallest absolute Gasteiger partial charge is 0.408 e. The minimum absolute atomic E-state index is 0.00107. The molecule has 164 valence electrons. The maximum absolute atomic E-state index is 12.8. The van der Waals surface area contributed by atoms with Crippen LogP contribution in [0.3, 0.4) is 0 Å². The number of amides is 3. The molecule has 3 atom stereocenters. The van der Waals surface area contributed by atoms with E-state index in [4.69, 9.17) is 4.74 Å². The monoisotopic (exact) mass is 411 g/mol. The summed E-state index contributed by atoms with van der Waals surface area (Å²) >= 11 is 0. The molecular weight excluding hydrogens is 378 g/mol. The van der Waals surface area contributed by atoms with Crippen LogP contribution in [0.4, 0.5) is 4.79 Å². The van der Waals surface area contributed by atoms with Gasteiger partial charge in [-0.2, -0.15) is 0 Å². The first-order valence-electron chi connectivity index (χ1n) is 10.1. The van der Waals surface area contributed by atoms with E-state index in [0.29, 0.717) is 18.8 Å². The molecule has 9 nitrogen and oxygen atoms in total. The molecule has 0 bridgehead atoms. The fourth-order valence-electron chi connectivity index (χ4n) is 3.53. The lowest BCUT2D eigenvalue weighted by Crippen LogP contribution is -2.53. The van der Waals surface area contributed by atoms with Crippen LogP contribution in [-0.4, -0.2) is 52.2 Å². The van der Waals surface area contributed by atoms with Gasteiger partial charge in [-0.3, -0.25) is 9.59 Å². The lowest BCUT2D eigenvalue weighted by Gasteiger charge is -2.25. The number of carboxylic acid groups (broad SMARTS) is 1. The maximum Gasteiger partial charge on any atom is 0.408 e. The average molecular weight is 411 g/mol. The van der Waals surface area contributed by atoms with Crippen LogP contribution in [-0.2, 0) is 19.1 Å². The van der Waals surface area contributed by atoms with Gasteiger partial charge in [-0.1, -0.05) is 12.8 Å². The van der Waals surface area contributed by atoms with Gasteiger partial charge in [0.1, 0.15) is 17.7 Å². The predicted molar refractivity (Wildman–Crippen MR) is 105 cm³/mol. The van der Waals surface area contributed by atoms with Gasteiger partial charge < -0.3 is 25.8 Å². The zero-order valence-electron chi connectivity index (χ0n) is 17.8. The molecule has 1 aliphatic carbocycles. The van der Waals surface area contributed by atoms with Crippen LogP contribution < -0.4 is 16.0 Å². The number of alkyl carbamates (subject to hydrolysis) is 1. The van der Waals surface area contributed by atoms with Crippen LogP contribution >= 0.6 is 0 Å². The minimum atomic E-state index is -1.21. The molecule has 0 aromatic carbocycles. The van der Waals surface area contributed by atoms with Gasteiger partial charge in [0.25, 0.3) is 0 Å². The van der Waals surface area contributed by atoms with Crippen molar-refractivity contribution in [3.63, 3.8) is 0 Å². The van der Waals surface area contributed by atoms with E-state index in [1.54, 1.807) is 20.8 Å². The van der Waals surface area contributed by atoms with E-state index in [2.05, 4.69) is 16.0 Å². The van der Waals surface area contributed by atoms with Crippen LogP contribution in [0.5, 0.6) is 0 Å². The van der Waals surface area contributed by atoms with Gasteiger partial charge in [0.2, 0.25) is 11.8 Å². The second-order valence-electron chi connectivity index (χ2n) is 9.79. The number of hydrogen-bond acceptors (Lipinski definition) is 5. The maximum atomic E-state index is 12.8. The van der Waals surface area contributed by atoms with Gasteiger partial charge in [0, 0.05) is 11.5 Å². The Morgan fingerprint density at radius 1 is 1.17 bits per heavy atom. The van der Waals surface area contributed by atoms with E-state index < -0.39 is 47.1 Å². The van der Waals surface area contributed by atoms with Crippen LogP contribution in [0.15, 0.2) is 0 Å². The van der Waals surface area contributed by atoms with E-state index in [9.17, 15) is 24.3 Å². The Morgan fingerprint density at radius 2 is 1.79 bits per heavy atom. The predicted octanol–water partition coefficient (Wildman–Crippen LogP) is 1.55. The Labute approximate surface area is 171 Å². The standard InChI is InChI=1S/C20H33N3O6/c1-19(2,3)29-18(28)22-13(8-11-6-7-11)16(25)21-14(17(26)27)9-12-10-20(4,5)23-15(12)24/h11-14H,6-10H2,1-5H3,(H,21,25)(H,22,28)(H,23,24)(H,26,27)/t12?,13-,14-/m0/s1. The summed E-state index contributed by atoms with van der Waals surface area (Å²) in [7, 11) is 0. The van der Waals surface area contributed by atoms with Gasteiger partial charge in [0.15, 0.2) is 0 Å². The third-order valence-electron chi connectivity index (χ3n) is 5.00. The zero-order chi connectivity index (χ0) is 22.0. The topological polar surface area (TPSA) is 134 Å². The number of carbonyl (C=O) groups is 4. The molecule has 0 spiro atoms. The van der Waals surface area contributed by atoms with Crippen molar-refractivity contribution in [3.8, 4) is 0 Å². The molecule has 4 N–H and O–H groups in total.